The zero-order chi connectivity index (χ0) is 13.9. The maximum Gasteiger partial charge on any atom is 0.0461 e. The van der Waals surface area contributed by atoms with E-state index in [1.165, 1.54) is 21.2 Å². The summed E-state index contributed by atoms with van der Waals surface area (Å²) in [5, 5.41) is 2.56. The SMILES string of the molecule is Nc1cccc(CSc2ccc3ccccc3c2)c1Br. The van der Waals surface area contributed by atoms with Gasteiger partial charge in [-0.15, -0.1) is 11.8 Å². The highest BCUT2D eigenvalue weighted by molar-refractivity contribution is 9.10. The van der Waals surface area contributed by atoms with Gasteiger partial charge in [0.2, 0.25) is 0 Å². The number of nitrogen functional groups attached to an aromatic ring is 1. The van der Waals surface area contributed by atoms with Crippen molar-refractivity contribution in [2.45, 2.75) is 10.6 Å². The molecule has 0 atom stereocenters. The van der Waals surface area contributed by atoms with Crippen LogP contribution < -0.4 is 5.73 Å². The summed E-state index contributed by atoms with van der Waals surface area (Å²) < 4.78 is 1.01. The second-order valence-electron chi connectivity index (χ2n) is 4.62. The minimum atomic E-state index is 0.793. The molecule has 0 fully saturated rings. The maximum atomic E-state index is 5.91. The molecule has 2 N–H and O–H groups in total. The highest BCUT2D eigenvalue weighted by Gasteiger charge is 2.04. The Kier molecular flexibility index (Phi) is 3.99. The predicted molar refractivity (Wildman–Crippen MR) is 92.1 cm³/mol. The van der Waals surface area contributed by atoms with Gasteiger partial charge in [0.15, 0.2) is 0 Å². The molecule has 3 aromatic carbocycles. The monoisotopic (exact) mass is 343 g/mol. The molecular formula is C17H14BrNS. The van der Waals surface area contributed by atoms with Crippen LogP contribution in [0.2, 0.25) is 0 Å². The summed E-state index contributed by atoms with van der Waals surface area (Å²) in [7, 11) is 0. The molecule has 0 radical (unpaired) electrons. The van der Waals surface area contributed by atoms with Crippen LogP contribution in [0.5, 0.6) is 0 Å². The Balaban J connectivity index is 1.81. The number of hydrogen-bond donors (Lipinski definition) is 1. The lowest BCUT2D eigenvalue weighted by molar-refractivity contribution is 1.36. The summed E-state index contributed by atoms with van der Waals surface area (Å²) in [4.78, 5) is 1.28. The molecule has 0 saturated carbocycles. The molecule has 0 saturated heterocycles. The molecule has 0 aliphatic carbocycles. The third-order valence-corrected chi connectivity index (χ3v) is 5.23. The first-order valence-corrected chi connectivity index (χ1v) is 8.16. The van der Waals surface area contributed by atoms with Crippen molar-refractivity contribution in [2.75, 3.05) is 5.73 Å². The van der Waals surface area contributed by atoms with Gasteiger partial charge in [0.25, 0.3) is 0 Å². The number of anilines is 1. The number of halogens is 1. The molecule has 0 amide bonds. The third-order valence-electron chi connectivity index (χ3n) is 3.22. The molecule has 20 heavy (non-hydrogen) atoms. The highest BCUT2D eigenvalue weighted by atomic mass is 79.9. The summed E-state index contributed by atoms with van der Waals surface area (Å²) in [5.74, 6) is 0.907. The second-order valence-corrected chi connectivity index (χ2v) is 6.46. The minimum Gasteiger partial charge on any atom is -0.398 e. The Hall–Kier alpha value is -1.45. The lowest BCUT2D eigenvalue weighted by Gasteiger charge is -2.07. The molecule has 0 heterocycles. The fraction of sp³-hybridized carbons (Fsp3) is 0.0588. The zero-order valence-corrected chi connectivity index (χ0v) is 13.2. The van der Waals surface area contributed by atoms with E-state index in [2.05, 4.69) is 64.5 Å². The standard InChI is InChI=1S/C17H14BrNS/c18-17-14(6-3-7-16(17)19)11-20-15-9-8-12-4-1-2-5-13(12)10-15/h1-10H,11,19H2. The van der Waals surface area contributed by atoms with Gasteiger partial charge in [0, 0.05) is 20.8 Å². The lowest BCUT2D eigenvalue weighted by Crippen LogP contribution is -1.90. The summed E-state index contributed by atoms with van der Waals surface area (Å²) in [6, 6.07) is 21.0. The first kappa shape index (κ1) is 13.5. The molecule has 0 bridgehead atoms. The van der Waals surface area contributed by atoms with Crippen LogP contribution in [-0.2, 0) is 5.75 Å². The van der Waals surface area contributed by atoms with E-state index in [4.69, 9.17) is 5.73 Å². The van der Waals surface area contributed by atoms with E-state index in [0.717, 1.165) is 15.9 Å². The van der Waals surface area contributed by atoms with Crippen molar-refractivity contribution < 1.29 is 0 Å². The van der Waals surface area contributed by atoms with E-state index < -0.39 is 0 Å². The summed E-state index contributed by atoms with van der Waals surface area (Å²) >= 11 is 5.38. The molecule has 3 heteroatoms. The topological polar surface area (TPSA) is 26.0 Å². The van der Waals surface area contributed by atoms with E-state index in [1.54, 1.807) is 0 Å². The first-order valence-electron chi connectivity index (χ1n) is 6.38. The second kappa shape index (κ2) is 5.90. The number of hydrogen-bond acceptors (Lipinski definition) is 2. The van der Waals surface area contributed by atoms with Gasteiger partial charge in [-0.1, -0.05) is 42.5 Å². The van der Waals surface area contributed by atoms with Crippen LogP contribution in [0.3, 0.4) is 0 Å². The molecular weight excluding hydrogens is 330 g/mol. The molecule has 3 aromatic rings. The summed E-state index contributed by atoms with van der Waals surface area (Å²) in [6.07, 6.45) is 0. The molecule has 0 spiro atoms. The number of rotatable bonds is 3. The van der Waals surface area contributed by atoms with E-state index in [0.29, 0.717) is 0 Å². The van der Waals surface area contributed by atoms with E-state index in [-0.39, 0.29) is 0 Å². The summed E-state index contributed by atoms with van der Waals surface area (Å²) in [5.41, 5.74) is 7.93. The summed E-state index contributed by atoms with van der Waals surface area (Å²) in [6.45, 7) is 0. The fourth-order valence-electron chi connectivity index (χ4n) is 2.13. The van der Waals surface area contributed by atoms with Crippen molar-refractivity contribution in [3.63, 3.8) is 0 Å². The Bertz CT molecular complexity index is 755. The van der Waals surface area contributed by atoms with Crippen molar-refractivity contribution in [2.24, 2.45) is 0 Å². The van der Waals surface area contributed by atoms with Crippen molar-refractivity contribution >= 4 is 44.2 Å². The Morgan fingerprint density at radius 2 is 1.70 bits per heavy atom. The lowest BCUT2D eigenvalue weighted by atomic mass is 10.1. The normalized spacial score (nSPS) is 10.8. The van der Waals surface area contributed by atoms with Gasteiger partial charge in [-0.3, -0.25) is 0 Å². The van der Waals surface area contributed by atoms with Crippen LogP contribution >= 0.6 is 27.7 Å². The van der Waals surface area contributed by atoms with Crippen molar-refractivity contribution in [3.05, 3.63) is 70.7 Å². The maximum absolute atomic E-state index is 5.91. The molecule has 0 aliphatic heterocycles. The zero-order valence-electron chi connectivity index (χ0n) is 10.8. The Morgan fingerprint density at radius 3 is 2.55 bits per heavy atom. The molecule has 100 valence electrons. The number of thioether (sulfide) groups is 1. The molecule has 0 aromatic heterocycles. The number of fused-ring (bicyclic) bond motifs is 1. The number of nitrogens with two attached hydrogens (primary N) is 1. The van der Waals surface area contributed by atoms with Crippen LogP contribution in [0.4, 0.5) is 5.69 Å². The largest absolute Gasteiger partial charge is 0.398 e. The fourth-order valence-corrected chi connectivity index (χ4v) is 3.66. The third kappa shape index (κ3) is 2.84. The van der Waals surface area contributed by atoms with Gasteiger partial charge < -0.3 is 5.73 Å². The van der Waals surface area contributed by atoms with Crippen molar-refractivity contribution in [1.29, 1.82) is 0 Å². The van der Waals surface area contributed by atoms with Crippen molar-refractivity contribution in [1.82, 2.24) is 0 Å². The Labute approximate surface area is 131 Å². The van der Waals surface area contributed by atoms with Crippen LogP contribution in [-0.4, -0.2) is 0 Å². The average molecular weight is 344 g/mol. The smallest absolute Gasteiger partial charge is 0.0461 e. The molecule has 1 nitrogen and oxygen atoms in total. The molecule has 3 rings (SSSR count). The van der Waals surface area contributed by atoms with Gasteiger partial charge >= 0.3 is 0 Å². The Morgan fingerprint density at radius 1 is 0.900 bits per heavy atom. The van der Waals surface area contributed by atoms with Gasteiger partial charge in [-0.25, -0.2) is 0 Å². The van der Waals surface area contributed by atoms with Gasteiger partial charge in [-0.2, -0.15) is 0 Å². The van der Waals surface area contributed by atoms with Crippen LogP contribution in [0, 0.1) is 0 Å². The van der Waals surface area contributed by atoms with Gasteiger partial charge in [0.05, 0.1) is 0 Å². The van der Waals surface area contributed by atoms with E-state index in [1.807, 2.05) is 23.9 Å². The van der Waals surface area contributed by atoms with Crippen LogP contribution in [0.15, 0.2) is 70.0 Å². The highest BCUT2D eigenvalue weighted by Crippen LogP contribution is 2.31. The van der Waals surface area contributed by atoms with Crippen LogP contribution in [0.25, 0.3) is 10.8 Å². The van der Waals surface area contributed by atoms with Gasteiger partial charge in [-0.05, 0) is 50.5 Å². The van der Waals surface area contributed by atoms with E-state index in [9.17, 15) is 0 Å². The van der Waals surface area contributed by atoms with Crippen LogP contribution in [0.1, 0.15) is 5.56 Å². The predicted octanol–water partition coefficient (Wildman–Crippen LogP) is 5.48. The minimum absolute atomic E-state index is 0.793. The van der Waals surface area contributed by atoms with E-state index >= 15 is 0 Å². The van der Waals surface area contributed by atoms with Crippen molar-refractivity contribution in [3.8, 4) is 0 Å². The number of benzene rings is 3. The molecule has 0 unspecified atom stereocenters. The first-order chi connectivity index (χ1) is 9.74. The molecule has 0 aliphatic rings. The van der Waals surface area contributed by atoms with Gasteiger partial charge in [0.1, 0.15) is 0 Å². The quantitative estimate of drug-likeness (QED) is 0.503. The average Bonchev–Trinajstić information content (AvgIpc) is 2.48.